The summed E-state index contributed by atoms with van der Waals surface area (Å²) in [6, 6.07) is 3.42. The third-order valence-electron chi connectivity index (χ3n) is 4.49. The minimum atomic E-state index is -0.859. The van der Waals surface area contributed by atoms with Gasteiger partial charge in [0, 0.05) is 52.0 Å². The van der Waals surface area contributed by atoms with Gasteiger partial charge in [0.05, 0.1) is 18.8 Å². The quantitative estimate of drug-likeness (QED) is 0.625. The molecule has 3 rings (SSSR count). The summed E-state index contributed by atoms with van der Waals surface area (Å²) in [4.78, 5) is 20.2. The van der Waals surface area contributed by atoms with Gasteiger partial charge >= 0.3 is 0 Å². The number of aliphatic hydroxyl groups is 1. The Morgan fingerprint density at radius 1 is 1.42 bits per heavy atom. The maximum Gasteiger partial charge on any atom is 0.252 e. The summed E-state index contributed by atoms with van der Waals surface area (Å²) in [5.41, 5.74) is 5.03. The SMILES string of the molecule is NC(=O)c1cccnc1N1CCN(C[C@@]2(O)CNCCOC2)CC1. The second kappa shape index (κ2) is 7.43. The van der Waals surface area contributed by atoms with Crippen LogP contribution in [-0.4, -0.2) is 85.5 Å². The Kier molecular flexibility index (Phi) is 5.30. The lowest BCUT2D eigenvalue weighted by Gasteiger charge is -2.39. The number of hydrogen-bond donors (Lipinski definition) is 3. The first-order valence-corrected chi connectivity index (χ1v) is 8.30. The van der Waals surface area contributed by atoms with Crippen molar-refractivity contribution < 1.29 is 14.6 Å². The van der Waals surface area contributed by atoms with E-state index in [2.05, 4.69) is 20.1 Å². The number of carbonyl (C=O) groups excluding carboxylic acids is 1. The summed E-state index contributed by atoms with van der Waals surface area (Å²) in [5.74, 6) is 0.180. The highest BCUT2D eigenvalue weighted by molar-refractivity contribution is 5.97. The number of carbonyl (C=O) groups is 1. The van der Waals surface area contributed by atoms with E-state index < -0.39 is 11.5 Å². The Hall–Kier alpha value is -1.74. The van der Waals surface area contributed by atoms with Crippen molar-refractivity contribution >= 4 is 11.7 Å². The average Bonchev–Trinajstić information content (AvgIpc) is 2.80. The molecular formula is C16H25N5O3. The highest BCUT2D eigenvalue weighted by Crippen LogP contribution is 2.19. The normalized spacial score (nSPS) is 26.1. The van der Waals surface area contributed by atoms with E-state index in [1.54, 1.807) is 18.3 Å². The standard InChI is InChI=1S/C16H25N5O3/c17-14(22)13-2-1-3-19-15(13)21-7-5-20(6-8-21)11-16(23)10-18-4-9-24-12-16/h1-3,18,23H,4-12H2,(H2,17,22)/t16-/m0/s1. The van der Waals surface area contributed by atoms with Crippen molar-refractivity contribution in [3.8, 4) is 0 Å². The number of primary amides is 1. The molecular weight excluding hydrogens is 310 g/mol. The van der Waals surface area contributed by atoms with Crippen molar-refractivity contribution in [2.24, 2.45) is 5.73 Å². The molecule has 24 heavy (non-hydrogen) atoms. The molecule has 2 aliphatic rings. The fraction of sp³-hybridized carbons (Fsp3) is 0.625. The number of nitrogens with one attached hydrogen (secondary N) is 1. The summed E-state index contributed by atoms with van der Waals surface area (Å²) in [7, 11) is 0. The van der Waals surface area contributed by atoms with Gasteiger partial charge in [-0.05, 0) is 12.1 Å². The monoisotopic (exact) mass is 335 g/mol. The highest BCUT2D eigenvalue weighted by Gasteiger charge is 2.33. The predicted octanol–water partition coefficient (Wildman–Crippen LogP) is -1.35. The second-order valence-electron chi connectivity index (χ2n) is 6.46. The molecule has 2 saturated heterocycles. The van der Waals surface area contributed by atoms with Gasteiger partial charge < -0.3 is 25.8 Å². The largest absolute Gasteiger partial charge is 0.385 e. The third kappa shape index (κ3) is 4.02. The van der Waals surface area contributed by atoms with Crippen LogP contribution in [-0.2, 0) is 4.74 Å². The number of nitrogens with two attached hydrogens (primary N) is 1. The van der Waals surface area contributed by atoms with E-state index in [9.17, 15) is 9.90 Å². The van der Waals surface area contributed by atoms with Gasteiger partial charge in [-0.3, -0.25) is 9.69 Å². The molecule has 2 aliphatic heterocycles. The van der Waals surface area contributed by atoms with E-state index in [0.29, 0.717) is 37.7 Å². The molecule has 3 heterocycles. The van der Waals surface area contributed by atoms with Crippen LogP contribution < -0.4 is 16.0 Å². The molecule has 8 heteroatoms. The van der Waals surface area contributed by atoms with Crippen molar-refractivity contribution in [1.29, 1.82) is 0 Å². The van der Waals surface area contributed by atoms with Crippen LogP contribution in [0.2, 0.25) is 0 Å². The number of piperazine rings is 1. The van der Waals surface area contributed by atoms with Gasteiger partial charge in [-0.15, -0.1) is 0 Å². The van der Waals surface area contributed by atoms with Crippen LogP contribution in [0.5, 0.6) is 0 Å². The molecule has 0 radical (unpaired) electrons. The topological polar surface area (TPSA) is 104 Å². The summed E-state index contributed by atoms with van der Waals surface area (Å²) in [6.45, 7) is 5.92. The molecule has 1 amide bonds. The Morgan fingerprint density at radius 2 is 2.21 bits per heavy atom. The van der Waals surface area contributed by atoms with Crippen molar-refractivity contribution in [3.05, 3.63) is 23.9 Å². The van der Waals surface area contributed by atoms with Crippen LogP contribution in [0.1, 0.15) is 10.4 Å². The number of β-amino-alcohol motifs (C(OH)–C–C–N with tert-alkyl or cyclic N) is 1. The lowest BCUT2D eigenvalue weighted by Crippen LogP contribution is -2.56. The minimum absolute atomic E-state index is 0.353. The van der Waals surface area contributed by atoms with Crippen molar-refractivity contribution in [2.75, 3.05) is 63.9 Å². The number of amides is 1. The molecule has 132 valence electrons. The minimum Gasteiger partial charge on any atom is -0.385 e. The molecule has 1 aromatic rings. The first kappa shape index (κ1) is 17.1. The number of rotatable bonds is 4. The van der Waals surface area contributed by atoms with E-state index in [-0.39, 0.29) is 0 Å². The van der Waals surface area contributed by atoms with Crippen LogP contribution in [0.3, 0.4) is 0 Å². The molecule has 0 aromatic carbocycles. The van der Waals surface area contributed by atoms with Gasteiger partial charge in [0.25, 0.3) is 5.91 Å². The predicted molar refractivity (Wildman–Crippen MR) is 90.0 cm³/mol. The lowest BCUT2D eigenvalue weighted by atomic mass is 10.0. The lowest BCUT2D eigenvalue weighted by molar-refractivity contribution is -0.0495. The molecule has 0 spiro atoms. The second-order valence-corrected chi connectivity index (χ2v) is 6.46. The molecule has 0 bridgehead atoms. The van der Waals surface area contributed by atoms with Gasteiger partial charge in [0.15, 0.2) is 0 Å². The van der Waals surface area contributed by atoms with E-state index >= 15 is 0 Å². The van der Waals surface area contributed by atoms with Crippen LogP contribution in [0.4, 0.5) is 5.82 Å². The van der Waals surface area contributed by atoms with Gasteiger partial charge in [-0.25, -0.2) is 4.98 Å². The Morgan fingerprint density at radius 3 is 2.96 bits per heavy atom. The fourth-order valence-corrected chi connectivity index (χ4v) is 3.26. The first-order valence-electron chi connectivity index (χ1n) is 8.30. The summed E-state index contributed by atoms with van der Waals surface area (Å²) in [5, 5.41) is 13.9. The number of pyridine rings is 1. The third-order valence-corrected chi connectivity index (χ3v) is 4.49. The number of ether oxygens (including phenoxy) is 1. The van der Waals surface area contributed by atoms with E-state index in [0.717, 1.165) is 32.7 Å². The maximum atomic E-state index is 11.6. The van der Waals surface area contributed by atoms with Gasteiger partial charge in [-0.1, -0.05) is 0 Å². The Labute approximate surface area is 141 Å². The van der Waals surface area contributed by atoms with Gasteiger partial charge in [0.2, 0.25) is 0 Å². The smallest absolute Gasteiger partial charge is 0.252 e. The molecule has 2 fully saturated rings. The van der Waals surface area contributed by atoms with Crippen molar-refractivity contribution in [2.45, 2.75) is 5.60 Å². The zero-order valence-corrected chi connectivity index (χ0v) is 13.8. The molecule has 0 saturated carbocycles. The zero-order valence-electron chi connectivity index (χ0n) is 13.8. The van der Waals surface area contributed by atoms with Crippen molar-refractivity contribution in [3.63, 3.8) is 0 Å². The first-order chi connectivity index (χ1) is 11.6. The number of hydrogen-bond acceptors (Lipinski definition) is 7. The summed E-state index contributed by atoms with van der Waals surface area (Å²) >= 11 is 0. The Balaban J connectivity index is 1.59. The van der Waals surface area contributed by atoms with E-state index in [1.807, 2.05) is 0 Å². The maximum absolute atomic E-state index is 11.6. The van der Waals surface area contributed by atoms with Crippen LogP contribution in [0, 0.1) is 0 Å². The molecule has 8 nitrogen and oxygen atoms in total. The Bertz CT molecular complexity index is 567. The van der Waals surface area contributed by atoms with Crippen LogP contribution in [0.15, 0.2) is 18.3 Å². The summed E-state index contributed by atoms with van der Waals surface area (Å²) < 4.78 is 5.47. The van der Waals surface area contributed by atoms with Crippen molar-refractivity contribution in [1.82, 2.24) is 15.2 Å². The fourth-order valence-electron chi connectivity index (χ4n) is 3.26. The summed E-state index contributed by atoms with van der Waals surface area (Å²) in [6.07, 6.45) is 1.67. The molecule has 0 unspecified atom stereocenters. The van der Waals surface area contributed by atoms with Gasteiger partial charge in [0.1, 0.15) is 11.4 Å². The average molecular weight is 335 g/mol. The van der Waals surface area contributed by atoms with Crippen LogP contribution >= 0.6 is 0 Å². The van der Waals surface area contributed by atoms with Crippen LogP contribution in [0.25, 0.3) is 0 Å². The number of aromatic nitrogens is 1. The molecule has 0 aliphatic carbocycles. The number of nitrogens with zero attached hydrogens (tertiary/aromatic N) is 3. The molecule has 1 atom stereocenters. The number of anilines is 1. The molecule has 1 aromatic heterocycles. The molecule has 4 N–H and O–H groups in total. The van der Waals surface area contributed by atoms with E-state index in [1.165, 1.54) is 0 Å². The van der Waals surface area contributed by atoms with Gasteiger partial charge in [-0.2, -0.15) is 0 Å². The highest BCUT2D eigenvalue weighted by atomic mass is 16.5. The van der Waals surface area contributed by atoms with E-state index in [4.69, 9.17) is 10.5 Å². The zero-order chi connectivity index (χ0) is 17.0.